The number of rotatable bonds is 5. The lowest BCUT2D eigenvalue weighted by Crippen LogP contribution is -2.30. The summed E-state index contributed by atoms with van der Waals surface area (Å²) < 4.78 is 0. The van der Waals surface area contributed by atoms with Gasteiger partial charge in [0.1, 0.15) is 6.04 Å². The number of nitrogens with zero attached hydrogens (tertiary/aromatic N) is 1. The van der Waals surface area contributed by atoms with Crippen molar-refractivity contribution in [3.8, 4) is 0 Å². The van der Waals surface area contributed by atoms with Crippen LogP contribution in [0.2, 0.25) is 0 Å². The first-order valence-corrected chi connectivity index (χ1v) is 6.61. The average Bonchev–Trinajstić information content (AvgIpc) is 2.42. The molecule has 1 N–H and O–H groups in total. The van der Waals surface area contributed by atoms with Crippen LogP contribution < -0.4 is 0 Å². The zero-order chi connectivity index (χ0) is 14.5. The standard InChI is InChI=1S/C17H19NO2/c1-13-8-10-15(11-9-13)16(17(19)20)18(2)12-14-6-4-3-5-7-14/h3-11,16H,12H2,1-2H3,(H,19,20). The smallest absolute Gasteiger partial charge is 0.325 e. The minimum atomic E-state index is -0.827. The Balaban J connectivity index is 2.20. The number of likely N-dealkylation sites (N-methyl/N-ethyl adjacent to an activating group) is 1. The lowest BCUT2D eigenvalue weighted by molar-refractivity contribution is -0.143. The van der Waals surface area contributed by atoms with Gasteiger partial charge >= 0.3 is 5.97 Å². The number of hydrogen-bond acceptors (Lipinski definition) is 2. The molecular formula is C17H19NO2. The van der Waals surface area contributed by atoms with Crippen molar-refractivity contribution < 1.29 is 9.90 Å². The Labute approximate surface area is 119 Å². The van der Waals surface area contributed by atoms with E-state index in [4.69, 9.17) is 0 Å². The molecule has 2 rings (SSSR count). The highest BCUT2D eigenvalue weighted by Gasteiger charge is 2.24. The molecular weight excluding hydrogens is 250 g/mol. The van der Waals surface area contributed by atoms with Gasteiger partial charge in [-0.3, -0.25) is 9.69 Å². The SMILES string of the molecule is Cc1ccc(C(C(=O)O)N(C)Cc2ccccc2)cc1. The normalized spacial score (nSPS) is 12.3. The molecule has 0 fully saturated rings. The summed E-state index contributed by atoms with van der Waals surface area (Å²) in [5.41, 5.74) is 3.04. The van der Waals surface area contributed by atoms with E-state index < -0.39 is 12.0 Å². The van der Waals surface area contributed by atoms with Gasteiger partial charge in [0.2, 0.25) is 0 Å². The first-order chi connectivity index (χ1) is 9.58. The van der Waals surface area contributed by atoms with Crippen molar-refractivity contribution in [1.29, 1.82) is 0 Å². The molecule has 1 unspecified atom stereocenters. The Morgan fingerprint density at radius 1 is 1.10 bits per heavy atom. The van der Waals surface area contributed by atoms with Gasteiger partial charge in [0.05, 0.1) is 0 Å². The monoisotopic (exact) mass is 269 g/mol. The predicted molar refractivity (Wildman–Crippen MR) is 79.5 cm³/mol. The third kappa shape index (κ3) is 3.45. The van der Waals surface area contributed by atoms with Crippen LogP contribution in [-0.2, 0) is 11.3 Å². The first-order valence-electron chi connectivity index (χ1n) is 6.61. The van der Waals surface area contributed by atoms with E-state index in [0.29, 0.717) is 6.54 Å². The second-order valence-electron chi connectivity index (χ2n) is 5.05. The van der Waals surface area contributed by atoms with Crippen molar-refractivity contribution in [2.24, 2.45) is 0 Å². The highest BCUT2D eigenvalue weighted by Crippen LogP contribution is 2.22. The molecule has 1 atom stereocenters. The van der Waals surface area contributed by atoms with Crippen molar-refractivity contribution in [3.63, 3.8) is 0 Å². The fourth-order valence-electron chi connectivity index (χ4n) is 2.30. The predicted octanol–water partition coefficient (Wildman–Crippen LogP) is 3.25. The van der Waals surface area contributed by atoms with E-state index in [1.54, 1.807) is 0 Å². The van der Waals surface area contributed by atoms with E-state index in [1.807, 2.05) is 73.5 Å². The van der Waals surface area contributed by atoms with Crippen molar-refractivity contribution in [3.05, 3.63) is 71.3 Å². The lowest BCUT2D eigenvalue weighted by atomic mass is 10.0. The number of carboxylic acids is 1. The Hall–Kier alpha value is -2.13. The average molecular weight is 269 g/mol. The minimum Gasteiger partial charge on any atom is -0.480 e. The number of carbonyl (C=O) groups is 1. The maximum atomic E-state index is 11.6. The molecule has 104 valence electrons. The molecule has 0 saturated heterocycles. The molecule has 3 nitrogen and oxygen atoms in total. The lowest BCUT2D eigenvalue weighted by Gasteiger charge is -2.25. The second kappa shape index (κ2) is 6.35. The van der Waals surface area contributed by atoms with Gasteiger partial charge in [0.25, 0.3) is 0 Å². The molecule has 0 aliphatic heterocycles. The summed E-state index contributed by atoms with van der Waals surface area (Å²) in [5, 5.41) is 9.50. The maximum Gasteiger partial charge on any atom is 0.325 e. The van der Waals surface area contributed by atoms with Crippen LogP contribution in [0.4, 0.5) is 0 Å². The molecule has 0 bridgehead atoms. The zero-order valence-corrected chi connectivity index (χ0v) is 11.8. The van der Waals surface area contributed by atoms with Crippen LogP contribution in [0.5, 0.6) is 0 Å². The van der Waals surface area contributed by atoms with Gasteiger partial charge in [-0.2, -0.15) is 0 Å². The fraction of sp³-hybridized carbons (Fsp3) is 0.235. The summed E-state index contributed by atoms with van der Waals surface area (Å²) in [4.78, 5) is 13.4. The Morgan fingerprint density at radius 2 is 1.70 bits per heavy atom. The molecule has 20 heavy (non-hydrogen) atoms. The number of aryl methyl sites for hydroxylation is 1. The van der Waals surface area contributed by atoms with Gasteiger partial charge < -0.3 is 5.11 Å². The van der Waals surface area contributed by atoms with Crippen molar-refractivity contribution in [2.45, 2.75) is 19.5 Å². The van der Waals surface area contributed by atoms with Crippen LogP contribution in [0.3, 0.4) is 0 Å². The summed E-state index contributed by atoms with van der Waals surface area (Å²) in [6.45, 7) is 2.60. The van der Waals surface area contributed by atoms with E-state index >= 15 is 0 Å². The van der Waals surface area contributed by atoms with Gasteiger partial charge in [-0.1, -0.05) is 60.2 Å². The zero-order valence-electron chi connectivity index (χ0n) is 11.8. The number of carboxylic acid groups (broad SMARTS) is 1. The Bertz CT molecular complexity index is 563. The van der Waals surface area contributed by atoms with Crippen LogP contribution in [0.15, 0.2) is 54.6 Å². The Kier molecular flexibility index (Phi) is 4.53. The molecule has 2 aromatic carbocycles. The molecule has 0 aromatic heterocycles. The topological polar surface area (TPSA) is 40.5 Å². The van der Waals surface area contributed by atoms with E-state index in [1.165, 1.54) is 0 Å². The molecule has 0 radical (unpaired) electrons. The highest BCUT2D eigenvalue weighted by atomic mass is 16.4. The van der Waals surface area contributed by atoms with Crippen molar-refractivity contribution >= 4 is 5.97 Å². The minimum absolute atomic E-state index is 0.603. The van der Waals surface area contributed by atoms with Gasteiger partial charge in [-0.15, -0.1) is 0 Å². The van der Waals surface area contributed by atoms with E-state index in [9.17, 15) is 9.90 Å². The molecule has 0 heterocycles. The van der Waals surface area contributed by atoms with E-state index in [2.05, 4.69) is 0 Å². The van der Waals surface area contributed by atoms with Crippen LogP contribution in [-0.4, -0.2) is 23.0 Å². The largest absolute Gasteiger partial charge is 0.480 e. The van der Waals surface area contributed by atoms with Crippen molar-refractivity contribution in [2.75, 3.05) is 7.05 Å². The summed E-state index contributed by atoms with van der Waals surface area (Å²) >= 11 is 0. The maximum absolute atomic E-state index is 11.6. The number of hydrogen-bond donors (Lipinski definition) is 1. The van der Waals surface area contributed by atoms with Gasteiger partial charge in [0.15, 0.2) is 0 Å². The molecule has 0 spiro atoms. The fourth-order valence-corrected chi connectivity index (χ4v) is 2.30. The quantitative estimate of drug-likeness (QED) is 0.905. The third-order valence-corrected chi connectivity index (χ3v) is 3.34. The summed E-state index contributed by atoms with van der Waals surface area (Å²) in [6.07, 6.45) is 0. The summed E-state index contributed by atoms with van der Waals surface area (Å²) in [5.74, 6) is -0.827. The van der Waals surface area contributed by atoms with Crippen LogP contribution in [0, 0.1) is 6.92 Å². The third-order valence-electron chi connectivity index (χ3n) is 3.34. The molecule has 3 heteroatoms. The second-order valence-corrected chi connectivity index (χ2v) is 5.05. The number of benzene rings is 2. The molecule has 0 aliphatic carbocycles. The molecule has 0 saturated carbocycles. The summed E-state index contributed by atoms with van der Waals surface area (Å²) in [7, 11) is 1.84. The van der Waals surface area contributed by atoms with Gasteiger partial charge in [-0.25, -0.2) is 0 Å². The highest BCUT2D eigenvalue weighted by molar-refractivity contribution is 5.75. The Morgan fingerprint density at radius 3 is 2.25 bits per heavy atom. The van der Waals surface area contributed by atoms with Crippen molar-refractivity contribution in [1.82, 2.24) is 4.90 Å². The van der Waals surface area contributed by atoms with Gasteiger partial charge in [-0.05, 0) is 25.1 Å². The first kappa shape index (κ1) is 14.3. The molecule has 2 aromatic rings. The summed E-state index contributed by atoms with van der Waals surface area (Å²) in [6, 6.07) is 16.9. The van der Waals surface area contributed by atoms with Gasteiger partial charge in [0, 0.05) is 6.54 Å². The van der Waals surface area contributed by atoms with Crippen LogP contribution in [0.25, 0.3) is 0 Å². The number of aliphatic carboxylic acids is 1. The van der Waals surface area contributed by atoms with E-state index in [0.717, 1.165) is 16.7 Å². The molecule has 0 amide bonds. The van der Waals surface area contributed by atoms with Crippen LogP contribution >= 0.6 is 0 Å². The van der Waals surface area contributed by atoms with Crippen LogP contribution in [0.1, 0.15) is 22.7 Å². The molecule has 0 aliphatic rings. The van der Waals surface area contributed by atoms with E-state index in [-0.39, 0.29) is 0 Å².